The number of likely N-dealkylation sites (tertiary alicyclic amines) is 1. The van der Waals surface area contributed by atoms with Gasteiger partial charge in [-0.1, -0.05) is 28.1 Å². The molecule has 0 amide bonds. The third kappa shape index (κ3) is 3.58. The first kappa shape index (κ1) is 12.1. The van der Waals surface area contributed by atoms with Crippen LogP contribution in [-0.4, -0.2) is 31.1 Å². The lowest BCUT2D eigenvalue weighted by Crippen LogP contribution is -2.43. The summed E-state index contributed by atoms with van der Waals surface area (Å²) in [5.74, 6) is 0. The molecular formula is C13H19BrN2. The van der Waals surface area contributed by atoms with Crippen LogP contribution in [0.1, 0.15) is 18.4 Å². The summed E-state index contributed by atoms with van der Waals surface area (Å²) >= 11 is 3.50. The molecule has 1 aliphatic rings. The molecule has 0 aliphatic carbocycles. The number of hydrogen-bond donors (Lipinski definition) is 1. The zero-order valence-electron chi connectivity index (χ0n) is 9.75. The van der Waals surface area contributed by atoms with Crippen LogP contribution < -0.4 is 5.32 Å². The van der Waals surface area contributed by atoms with Gasteiger partial charge in [0.15, 0.2) is 0 Å². The average molecular weight is 283 g/mol. The maximum absolute atomic E-state index is 3.63. The van der Waals surface area contributed by atoms with Gasteiger partial charge in [-0.25, -0.2) is 0 Å². The van der Waals surface area contributed by atoms with Gasteiger partial charge in [-0.05, 0) is 44.1 Å². The van der Waals surface area contributed by atoms with Gasteiger partial charge in [-0.15, -0.1) is 0 Å². The lowest BCUT2D eigenvalue weighted by atomic mass is 10.1. The molecule has 0 aromatic heterocycles. The summed E-state index contributed by atoms with van der Waals surface area (Å²) in [6, 6.07) is 9.16. The second-order valence-electron chi connectivity index (χ2n) is 4.61. The summed E-state index contributed by atoms with van der Waals surface area (Å²) in [5, 5.41) is 3.63. The van der Waals surface area contributed by atoms with Gasteiger partial charge in [0.1, 0.15) is 0 Å². The summed E-state index contributed by atoms with van der Waals surface area (Å²) in [6.45, 7) is 3.39. The van der Waals surface area contributed by atoms with Crippen molar-refractivity contribution in [3.8, 4) is 0 Å². The van der Waals surface area contributed by atoms with Gasteiger partial charge in [-0.3, -0.25) is 0 Å². The molecule has 1 atom stereocenters. The number of nitrogens with zero attached hydrogens (tertiary/aromatic N) is 1. The number of benzene rings is 1. The Morgan fingerprint density at radius 3 is 3.12 bits per heavy atom. The van der Waals surface area contributed by atoms with Crippen LogP contribution >= 0.6 is 15.9 Å². The Balaban J connectivity index is 1.82. The van der Waals surface area contributed by atoms with Crippen LogP contribution in [0.5, 0.6) is 0 Å². The molecule has 0 radical (unpaired) electrons. The fourth-order valence-corrected chi connectivity index (χ4v) is 2.69. The third-order valence-electron chi connectivity index (χ3n) is 3.11. The molecule has 1 aromatic carbocycles. The van der Waals surface area contributed by atoms with Crippen LogP contribution in [0.4, 0.5) is 0 Å². The predicted molar refractivity (Wildman–Crippen MR) is 71.5 cm³/mol. The van der Waals surface area contributed by atoms with Crippen molar-refractivity contribution in [2.45, 2.75) is 25.4 Å². The number of hydrogen-bond acceptors (Lipinski definition) is 2. The Hall–Kier alpha value is -0.380. The second-order valence-corrected chi connectivity index (χ2v) is 5.53. The number of rotatable bonds is 3. The summed E-state index contributed by atoms with van der Waals surface area (Å²) in [5.41, 5.74) is 1.35. The van der Waals surface area contributed by atoms with Gasteiger partial charge in [0.05, 0.1) is 0 Å². The van der Waals surface area contributed by atoms with E-state index in [0.29, 0.717) is 6.04 Å². The lowest BCUT2D eigenvalue weighted by molar-refractivity contribution is 0.226. The van der Waals surface area contributed by atoms with Gasteiger partial charge >= 0.3 is 0 Å². The summed E-state index contributed by atoms with van der Waals surface area (Å²) in [6.07, 6.45) is 2.62. The van der Waals surface area contributed by atoms with E-state index >= 15 is 0 Å². The van der Waals surface area contributed by atoms with Crippen LogP contribution in [-0.2, 0) is 6.54 Å². The Kier molecular flexibility index (Phi) is 4.38. The van der Waals surface area contributed by atoms with Gasteiger partial charge in [0, 0.05) is 23.6 Å². The van der Waals surface area contributed by atoms with Crippen molar-refractivity contribution in [2.75, 3.05) is 20.1 Å². The van der Waals surface area contributed by atoms with Crippen molar-refractivity contribution in [3.05, 3.63) is 34.3 Å². The van der Waals surface area contributed by atoms with E-state index in [1.807, 2.05) is 0 Å². The third-order valence-corrected chi connectivity index (χ3v) is 3.60. The zero-order chi connectivity index (χ0) is 11.4. The highest BCUT2D eigenvalue weighted by Gasteiger charge is 2.15. The highest BCUT2D eigenvalue weighted by molar-refractivity contribution is 9.10. The van der Waals surface area contributed by atoms with E-state index < -0.39 is 0 Å². The molecule has 88 valence electrons. The maximum Gasteiger partial charge on any atom is 0.0209 e. The minimum Gasteiger partial charge on any atom is -0.309 e. The van der Waals surface area contributed by atoms with Crippen molar-refractivity contribution >= 4 is 15.9 Å². The van der Waals surface area contributed by atoms with Crippen molar-refractivity contribution in [3.63, 3.8) is 0 Å². The molecule has 1 aromatic rings. The molecule has 0 saturated carbocycles. The van der Waals surface area contributed by atoms with Gasteiger partial charge in [0.25, 0.3) is 0 Å². The standard InChI is InChI=1S/C13H19BrN2/c1-16-7-3-6-13(10-16)15-9-11-4-2-5-12(14)8-11/h2,4-5,8,13,15H,3,6-7,9-10H2,1H3. The van der Waals surface area contributed by atoms with E-state index in [1.54, 1.807) is 0 Å². The number of likely N-dealkylation sites (N-methyl/N-ethyl adjacent to an activating group) is 1. The molecule has 2 nitrogen and oxygen atoms in total. The summed E-state index contributed by atoms with van der Waals surface area (Å²) < 4.78 is 1.16. The number of nitrogens with one attached hydrogen (secondary N) is 1. The molecule has 0 spiro atoms. The molecule has 1 N–H and O–H groups in total. The van der Waals surface area contributed by atoms with Crippen LogP contribution in [0.15, 0.2) is 28.7 Å². The van der Waals surface area contributed by atoms with E-state index in [2.05, 4.69) is 57.5 Å². The molecule has 16 heavy (non-hydrogen) atoms. The Morgan fingerprint density at radius 1 is 1.50 bits per heavy atom. The molecule has 1 saturated heterocycles. The highest BCUT2D eigenvalue weighted by atomic mass is 79.9. The van der Waals surface area contributed by atoms with Crippen molar-refractivity contribution in [1.82, 2.24) is 10.2 Å². The fraction of sp³-hybridized carbons (Fsp3) is 0.538. The lowest BCUT2D eigenvalue weighted by Gasteiger charge is -2.30. The Labute approximate surface area is 106 Å². The highest BCUT2D eigenvalue weighted by Crippen LogP contribution is 2.13. The smallest absolute Gasteiger partial charge is 0.0209 e. The molecule has 0 bridgehead atoms. The molecule has 1 fully saturated rings. The second kappa shape index (κ2) is 5.80. The topological polar surface area (TPSA) is 15.3 Å². The largest absolute Gasteiger partial charge is 0.309 e. The molecule has 2 rings (SSSR count). The van der Waals surface area contributed by atoms with E-state index in [4.69, 9.17) is 0 Å². The zero-order valence-corrected chi connectivity index (χ0v) is 11.3. The summed E-state index contributed by atoms with van der Waals surface area (Å²) in [4.78, 5) is 2.40. The van der Waals surface area contributed by atoms with Crippen molar-refractivity contribution in [2.24, 2.45) is 0 Å². The predicted octanol–water partition coefficient (Wildman–Crippen LogP) is 2.63. The van der Waals surface area contributed by atoms with Crippen LogP contribution in [0.25, 0.3) is 0 Å². The van der Waals surface area contributed by atoms with E-state index in [9.17, 15) is 0 Å². The van der Waals surface area contributed by atoms with Crippen molar-refractivity contribution < 1.29 is 0 Å². The SMILES string of the molecule is CN1CCCC(NCc2cccc(Br)c2)C1. The Morgan fingerprint density at radius 2 is 2.38 bits per heavy atom. The monoisotopic (exact) mass is 282 g/mol. The summed E-state index contributed by atoms with van der Waals surface area (Å²) in [7, 11) is 2.20. The van der Waals surface area contributed by atoms with E-state index in [1.165, 1.54) is 31.5 Å². The normalized spacial score (nSPS) is 22.2. The number of piperidine rings is 1. The minimum atomic E-state index is 0.651. The van der Waals surface area contributed by atoms with Crippen molar-refractivity contribution in [1.29, 1.82) is 0 Å². The molecule has 1 aliphatic heterocycles. The minimum absolute atomic E-state index is 0.651. The maximum atomic E-state index is 3.63. The molecule has 1 unspecified atom stereocenters. The average Bonchev–Trinajstić information content (AvgIpc) is 2.27. The first-order valence-corrected chi connectivity index (χ1v) is 6.70. The van der Waals surface area contributed by atoms with Crippen LogP contribution in [0, 0.1) is 0 Å². The van der Waals surface area contributed by atoms with E-state index in [-0.39, 0.29) is 0 Å². The van der Waals surface area contributed by atoms with Gasteiger partial charge in [-0.2, -0.15) is 0 Å². The number of halogens is 1. The van der Waals surface area contributed by atoms with Crippen LogP contribution in [0.3, 0.4) is 0 Å². The molecule has 1 heterocycles. The van der Waals surface area contributed by atoms with Gasteiger partial charge < -0.3 is 10.2 Å². The van der Waals surface area contributed by atoms with Crippen LogP contribution in [0.2, 0.25) is 0 Å². The van der Waals surface area contributed by atoms with E-state index in [0.717, 1.165) is 11.0 Å². The first-order valence-electron chi connectivity index (χ1n) is 5.90. The molecule has 3 heteroatoms. The first-order chi connectivity index (χ1) is 7.74. The Bertz CT molecular complexity index is 340. The van der Waals surface area contributed by atoms with Gasteiger partial charge in [0.2, 0.25) is 0 Å². The quantitative estimate of drug-likeness (QED) is 0.917. The molecular weight excluding hydrogens is 264 g/mol. The fourth-order valence-electron chi connectivity index (χ4n) is 2.24.